The molecule has 1 amide bonds. The molecule has 1 N–H and O–H groups in total. The molecule has 1 aliphatic heterocycles. The van der Waals surface area contributed by atoms with Gasteiger partial charge in [-0.05, 0) is 6.92 Å². The van der Waals surface area contributed by atoms with Crippen LogP contribution in [0.4, 0.5) is 4.39 Å². The van der Waals surface area contributed by atoms with Gasteiger partial charge < -0.3 is 10.1 Å². The van der Waals surface area contributed by atoms with Crippen molar-refractivity contribution in [2.45, 2.75) is 36.9 Å². The maximum Gasteiger partial charge on any atom is 0.257 e. The number of hydrogen-bond donors (Lipinski definition) is 1. The van der Waals surface area contributed by atoms with E-state index in [4.69, 9.17) is 4.74 Å². The minimum absolute atomic E-state index is 0.0478. The lowest BCUT2D eigenvalue weighted by Gasteiger charge is -2.34. The molecular weight excluding hydrogens is 339 g/mol. The lowest BCUT2D eigenvalue weighted by molar-refractivity contribution is -0.135. The first-order valence-electron chi connectivity index (χ1n) is 7.82. The van der Waals surface area contributed by atoms with E-state index < -0.39 is 21.6 Å². The van der Waals surface area contributed by atoms with Crippen LogP contribution in [-0.2, 0) is 26.1 Å². The molecule has 24 heavy (non-hydrogen) atoms. The number of rotatable bonds is 7. The number of nitrogens with zero attached hydrogens (tertiary/aromatic N) is 3. The molecule has 1 aromatic heterocycles. The molecule has 0 radical (unpaired) electrons. The maximum absolute atomic E-state index is 14.7. The van der Waals surface area contributed by atoms with Gasteiger partial charge in [-0.3, -0.25) is 9.48 Å². The number of carbonyl (C=O) groups excluding carboxylic acids is 1. The van der Waals surface area contributed by atoms with E-state index in [0.717, 1.165) is 0 Å². The molecule has 0 saturated carbocycles. The van der Waals surface area contributed by atoms with Gasteiger partial charge in [-0.15, -0.1) is 0 Å². The van der Waals surface area contributed by atoms with Crippen LogP contribution in [0.1, 0.15) is 19.8 Å². The van der Waals surface area contributed by atoms with Gasteiger partial charge in [0.1, 0.15) is 4.90 Å². The van der Waals surface area contributed by atoms with Crippen LogP contribution in [-0.4, -0.2) is 67.4 Å². The fourth-order valence-electron chi connectivity index (χ4n) is 2.53. The topological polar surface area (TPSA) is 93.5 Å². The molecule has 1 aromatic rings. The van der Waals surface area contributed by atoms with E-state index in [1.165, 1.54) is 28.5 Å². The van der Waals surface area contributed by atoms with E-state index in [2.05, 4.69) is 10.4 Å². The Hall–Kier alpha value is -1.52. The fourth-order valence-corrected chi connectivity index (χ4v) is 3.93. The highest BCUT2D eigenvalue weighted by molar-refractivity contribution is 7.89. The third kappa shape index (κ3) is 3.93. The van der Waals surface area contributed by atoms with Gasteiger partial charge in [0.2, 0.25) is 10.0 Å². The summed E-state index contributed by atoms with van der Waals surface area (Å²) in [4.78, 5) is 12.0. The second kappa shape index (κ2) is 7.58. The van der Waals surface area contributed by atoms with E-state index >= 15 is 0 Å². The van der Waals surface area contributed by atoms with Crippen molar-refractivity contribution in [2.75, 3.05) is 33.4 Å². The Kier molecular flexibility index (Phi) is 5.94. The molecule has 0 spiro atoms. The molecule has 2 heterocycles. The third-order valence-corrected chi connectivity index (χ3v) is 5.94. The highest BCUT2D eigenvalue weighted by Crippen LogP contribution is 2.30. The Morgan fingerprint density at radius 1 is 1.46 bits per heavy atom. The fraction of sp³-hybridized carbons (Fsp3) is 0.714. The maximum atomic E-state index is 14.7. The first kappa shape index (κ1) is 18.8. The van der Waals surface area contributed by atoms with Gasteiger partial charge in [-0.2, -0.15) is 9.40 Å². The first-order valence-corrected chi connectivity index (χ1v) is 9.26. The van der Waals surface area contributed by atoms with Gasteiger partial charge >= 0.3 is 0 Å². The number of hydrogen-bond acceptors (Lipinski definition) is 5. The number of aromatic nitrogens is 2. The molecule has 1 fully saturated rings. The number of nitrogens with one attached hydrogen (secondary N) is 1. The summed E-state index contributed by atoms with van der Waals surface area (Å²) in [5.74, 6) is -0.713. The summed E-state index contributed by atoms with van der Waals surface area (Å²) in [6.45, 7) is 2.83. The van der Waals surface area contributed by atoms with Crippen molar-refractivity contribution in [3.8, 4) is 0 Å². The van der Waals surface area contributed by atoms with Crippen molar-refractivity contribution in [3.63, 3.8) is 0 Å². The van der Waals surface area contributed by atoms with Crippen LogP contribution in [0.2, 0.25) is 0 Å². The Balaban J connectivity index is 1.99. The van der Waals surface area contributed by atoms with Crippen molar-refractivity contribution in [3.05, 3.63) is 12.4 Å². The van der Waals surface area contributed by atoms with E-state index in [1.807, 2.05) is 6.92 Å². The quantitative estimate of drug-likeness (QED) is 0.698. The van der Waals surface area contributed by atoms with Crippen LogP contribution >= 0.6 is 0 Å². The van der Waals surface area contributed by atoms with Gasteiger partial charge in [0.25, 0.3) is 5.91 Å². The summed E-state index contributed by atoms with van der Waals surface area (Å²) in [6, 6.07) is 0. The van der Waals surface area contributed by atoms with Crippen LogP contribution in [0, 0.1) is 0 Å². The van der Waals surface area contributed by atoms with Gasteiger partial charge in [0.05, 0.1) is 12.8 Å². The van der Waals surface area contributed by atoms with E-state index in [0.29, 0.717) is 13.2 Å². The average molecular weight is 362 g/mol. The SMILES string of the molecule is CCn1cc(S(=O)(=O)N2CCC(F)(C(=O)NCCOC)CC2)cn1. The summed E-state index contributed by atoms with van der Waals surface area (Å²) < 4.78 is 47.3. The molecule has 0 unspecified atom stereocenters. The van der Waals surface area contributed by atoms with Crippen LogP contribution < -0.4 is 5.32 Å². The van der Waals surface area contributed by atoms with Gasteiger partial charge in [-0.25, -0.2) is 12.8 Å². The number of carbonyl (C=O) groups is 1. The Labute approximate surface area is 141 Å². The Morgan fingerprint density at radius 3 is 2.67 bits per heavy atom. The van der Waals surface area contributed by atoms with Crippen LogP contribution in [0.3, 0.4) is 0 Å². The minimum atomic E-state index is -3.72. The zero-order chi connectivity index (χ0) is 17.8. The zero-order valence-corrected chi connectivity index (χ0v) is 14.7. The van der Waals surface area contributed by atoms with E-state index in [1.54, 1.807) is 0 Å². The van der Waals surface area contributed by atoms with Gasteiger partial charge in [-0.1, -0.05) is 0 Å². The van der Waals surface area contributed by atoms with Gasteiger partial charge in [0, 0.05) is 52.3 Å². The summed E-state index contributed by atoms with van der Waals surface area (Å²) in [5.41, 5.74) is -2.05. The molecule has 8 nitrogen and oxygen atoms in total. The predicted molar refractivity (Wildman–Crippen MR) is 84.6 cm³/mol. The number of piperidine rings is 1. The Bertz CT molecular complexity index is 668. The Morgan fingerprint density at radius 2 is 2.12 bits per heavy atom. The van der Waals surface area contributed by atoms with Crippen LogP contribution in [0.25, 0.3) is 0 Å². The van der Waals surface area contributed by atoms with E-state index in [9.17, 15) is 17.6 Å². The lowest BCUT2D eigenvalue weighted by Crippen LogP contribution is -2.52. The van der Waals surface area contributed by atoms with Crippen molar-refractivity contribution in [2.24, 2.45) is 0 Å². The lowest BCUT2D eigenvalue weighted by atomic mass is 9.93. The summed E-state index contributed by atoms with van der Waals surface area (Å²) >= 11 is 0. The second-order valence-electron chi connectivity index (χ2n) is 5.65. The largest absolute Gasteiger partial charge is 0.383 e. The molecule has 1 saturated heterocycles. The molecular formula is C14H23FN4O4S. The smallest absolute Gasteiger partial charge is 0.257 e. The predicted octanol–water partition coefficient (Wildman–Crippen LogP) is 0.158. The molecule has 0 aromatic carbocycles. The highest BCUT2D eigenvalue weighted by Gasteiger charge is 2.44. The van der Waals surface area contributed by atoms with Crippen molar-refractivity contribution >= 4 is 15.9 Å². The summed E-state index contributed by atoms with van der Waals surface area (Å²) in [7, 11) is -2.23. The zero-order valence-electron chi connectivity index (χ0n) is 13.9. The molecule has 0 aliphatic carbocycles. The number of aryl methyl sites for hydroxylation is 1. The average Bonchev–Trinajstić information content (AvgIpc) is 3.05. The number of amides is 1. The van der Waals surface area contributed by atoms with Crippen LogP contribution in [0.15, 0.2) is 17.3 Å². The van der Waals surface area contributed by atoms with Crippen molar-refractivity contribution in [1.29, 1.82) is 0 Å². The van der Waals surface area contributed by atoms with E-state index in [-0.39, 0.29) is 37.4 Å². The third-order valence-electron chi connectivity index (χ3n) is 4.08. The summed E-state index contributed by atoms with van der Waals surface area (Å²) in [6.07, 6.45) is 2.39. The monoisotopic (exact) mass is 362 g/mol. The highest BCUT2D eigenvalue weighted by atomic mass is 32.2. The molecule has 0 bridgehead atoms. The van der Waals surface area contributed by atoms with Crippen molar-refractivity contribution in [1.82, 2.24) is 19.4 Å². The standard InChI is InChI=1S/C14H23FN4O4S/c1-3-18-11-12(10-17-18)24(21,22)19-7-4-14(15,5-8-19)13(20)16-6-9-23-2/h10-11H,3-9H2,1-2H3,(H,16,20). The molecule has 0 atom stereocenters. The molecule has 1 aliphatic rings. The number of halogens is 1. The number of ether oxygens (including phenoxy) is 1. The van der Waals surface area contributed by atoms with Crippen molar-refractivity contribution < 1.29 is 22.3 Å². The minimum Gasteiger partial charge on any atom is -0.383 e. The van der Waals surface area contributed by atoms with Gasteiger partial charge in [0.15, 0.2) is 5.67 Å². The molecule has 2 rings (SSSR count). The number of sulfonamides is 1. The summed E-state index contributed by atoms with van der Waals surface area (Å²) in [5, 5.41) is 6.42. The normalized spacial score (nSPS) is 18.5. The molecule has 136 valence electrons. The van der Waals surface area contributed by atoms with Crippen LogP contribution in [0.5, 0.6) is 0 Å². The first-order chi connectivity index (χ1) is 11.3. The molecule has 10 heteroatoms. The number of methoxy groups -OCH3 is 1. The second-order valence-corrected chi connectivity index (χ2v) is 7.59. The number of alkyl halides is 1.